The van der Waals surface area contributed by atoms with Crippen molar-refractivity contribution < 1.29 is 18.4 Å². The van der Waals surface area contributed by atoms with Crippen LogP contribution in [0.25, 0.3) is 11.0 Å². The zero-order chi connectivity index (χ0) is 23.8. The van der Waals surface area contributed by atoms with E-state index in [0.717, 1.165) is 47.8 Å². The Labute approximate surface area is 203 Å². The zero-order valence-electron chi connectivity index (χ0n) is 18.3. The molecule has 1 aliphatic carbocycles. The molecule has 0 unspecified atom stereocenters. The molecule has 0 radical (unpaired) electrons. The molecule has 2 N–H and O–H groups in total. The Morgan fingerprint density at radius 1 is 1.15 bits per heavy atom. The summed E-state index contributed by atoms with van der Waals surface area (Å²) in [6.07, 6.45) is 5.20. The van der Waals surface area contributed by atoms with E-state index in [1.807, 2.05) is 0 Å². The number of nitrogens with one attached hydrogen (secondary N) is 2. The summed E-state index contributed by atoms with van der Waals surface area (Å²) in [7, 11) is 0. The van der Waals surface area contributed by atoms with Gasteiger partial charge in [-0.15, -0.1) is 11.3 Å². The molecule has 1 aliphatic rings. The van der Waals surface area contributed by atoms with E-state index >= 15 is 0 Å². The minimum absolute atomic E-state index is 0.132. The van der Waals surface area contributed by atoms with Crippen LogP contribution in [0.3, 0.4) is 0 Å². The lowest BCUT2D eigenvalue weighted by molar-refractivity contribution is 0.0948. The summed E-state index contributed by atoms with van der Waals surface area (Å²) in [5.41, 5.74) is 2.08. The van der Waals surface area contributed by atoms with Gasteiger partial charge in [0.05, 0.1) is 23.8 Å². The van der Waals surface area contributed by atoms with Crippen molar-refractivity contribution in [3.63, 3.8) is 0 Å². The maximum absolute atomic E-state index is 13.1. The monoisotopic (exact) mass is 496 g/mol. The molecule has 0 saturated heterocycles. The Balaban J connectivity index is 1.46. The van der Waals surface area contributed by atoms with Crippen molar-refractivity contribution in [3.8, 4) is 0 Å². The Morgan fingerprint density at radius 2 is 1.97 bits per heavy atom. The van der Waals surface area contributed by atoms with Gasteiger partial charge in [-0.05, 0) is 68.0 Å². The van der Waals surface area contributed by atoms with Crippen LogP contribution in [0.1, 0.15) is 55.5 Å². The fourth-order valence-electron chi connectivity index (χ4n) is 4.12. The molecular weight excluding hydrogens is 476 g/mol. The molecule has 0 spiro atoms. The number of halogens is 1. The molecule has 9 heteroatoms. The van der Waals surface area contributed by atoms with Gasteiger partial charge in [-0.1, -0.05) is 11.6 Å². The van der Waals surface area contributed by atoms with Crippen LogP contribution in [0.5, 0.6) is 0 Å². The quantitative estimate of drug-likeness (QED) is 0.381. The van der Waals surface area contributed by atoms with Gasteiger partial charge < -0.3 is 19.5 Å². The number of anilines is 1. The normalized spacial score (nSPS) is 13.0. The molecule has 174 valence electrons. The van der Waals surface area contributed by atoms with Gasteiger partial charge in [0.25, 0.3) is 11.8 Å². The number of benzene rings is 1. The van der Waals surface area contributed by atoms with Gasteiger partial charge >= 0.3 is 0 Å². The van der Waals surface area contributed by atoms with Crippen molar-refractivity contribution in [3.05, 3.63) is 84.9 Å². The Morgan fingerprint density at radius 3 is 2.76 bits per heavy atom. The minimum atomic E-state index is -0.592. The van der Waals surface area contributed by atoms with E-state index in [1.54, 1.807) is 31.4 Å². The highest BCUT2D eigenvalue weighted by molar-refractivity contribution is 7.17. The van der Waals surface area contributed by atoms with Gasteiger partial charge in [-0.25, -0.2) is 0 Å². The lowest BCUT2D eigenvalue weighted by Crippen LogP contribution is -2.25. The molecule has 0 saturated carbocycles. The van der Waals surface area contributed by atoms with E-state index in [1.165, 1.54) is 17.4 Å². The number of carbonyl (C=O) groups is 2. The van der Waals surface area contributed by atoms with E-state index in [4.69, 9.17) is 20.4 Å². The first-order valence-corrected chi connectivity index (χ1v) is 12.1. The van der Waals surface area contributed by atoms with Crippen molar-refractivity contribution in [1.29, 1.82) is 0 Å². The second-order valence-corrected chi connectivity index (χ2v) is 9.72. The van der Waals surface area contributed by atoms with Crippen LogP contribution < -0.4 is 16.1 Å². The number of hydrogen-bond acceptors (Lipinski definition) is 6. The van der Waals surface area contributed by atoms with Crippen LogP contribution in [0, 0.1) is 6.92 Å². The number of furan rings is 1. The van der Waals surface area contributed by atoms with E-state index in [2.05, 4.69) is 10.6 Å². The summed E-state index contributed by atoms with van der Waals surface area (Å²) in [5, 5.41) is 6.89. The topological polar surface area (TPSA) is 102 Å². The van der Waals surface area contributed by atoms with Gasteiger partial charge in [0, 0.05) is 16.0 Å². The van der Waals surface area contributed by atoms with Crippen LogP contribution in [-0.2, 0) is 19.4 Å². The van der Waals surface area contributed by atoms with Crippen LogP contribution in [0.4, 0.5) is 5.00 Å². The van der Waals surface area contributed by atoms with Crippen molar-refractivity contribution in [2.24, 2.45) is 0 Å². The van der Waals surface area contributed by atoms with Gasteiger partial charge in [0.15, 0.2) is 11.2 Å². The molecule has 0 fully saturated rings. The second-order valence-electron chi connectivity index (χ2n) is 8.20. The van der Waals surface area contributed by atoms with Gasteiger partial charge in [0.2, 0.25) is 0 Å². The number of hydrogen-bond donors (Lipinski definition) is 2. The SMILES string of the molecule is Cc1cc2oc(C(=O)Nc3sc4c(c3C(=O)NCc3ccco3)CCCC4)cc(=O)c2cc1Cl. The molecule has 2 amide bonds. The minimum Gasteiger partial charge on any atom is -0.467 e. The van der Waals surface area contributed by atoms with E-state index in [9.17, 15) is 14.4 Å². The summed E-state index contributed by atoms with van der Waals surface area (Å²) in [5.74, 6) is -0.370. The predicted molar refractivity (Wildman–Crippen MR) is 131 cm³/mol. The maximum atomic E-state index is 13.1. The van der Waals surface area contributed by atoms with Gasteiger partial charge in [-0.3, -0.25) is 14.4 Å². The molecule has 34 heavy (non-hydrogen) atoms. The zero-order valence-corrected chi connectivity index (χ0v) is 19.9. The number of amides is 2. The third kappa shape index (κ3) is 4.26. The predicted octanol–water partition coefficient (Wildman–Crippen LogP) is 5.47. The van der Waals surface area contributed by atoms with E-state index in [0.29, 0.717) is 26.7 Å². The highest BCUT2D eigenvalue weighted by Gasteiger charge is 2.27. The Kier molecular flexibility index (Phi) is 6.02. The van der Waals surface area contributed by atoms with Crippen molar-refractivity contribution in [2.45, 2.75) is 39.2 Å². The highest BCUT2D eigenvalue weighted by Crippen LogP contribution is 2.38. The molecule has 4 aromatic rings. The first-order valence-electron chi connectivity index (χ1n) is 10.9. The third-order valence-electron chi connectivity index (χ3n) is 5.86. The second kappa shape index (κ2) is 9.12. The Hall–Kier alpha value is -3.36. The molecule has 0 bridgehead atoms. The average molecular weight is 497 g/mol. The van der Waals surface area contributed by atoms with Crippen LogP contribution >= 0.6 is 22.9 Å². The van der Waals surface area contributed by atoms with E-state index in [-0.39, 0.29) is 29.2 Å². The van der Waals surface area contributed by atoms with Crippen LogP contribution in [-0.4, -0.2) is 11.8 Å². The largest absolute Gasteiger partial charge is 0.467 e. The fraction of sp³-hybridized carbons (Fsp3) is 0.240. The molecule has 3 aromatic heterocycles. The highest BCUT2D eigenvalue weighted by atomic mass is 35.5. The first kappa shape index (κ1) is 22.4. The molecular formula is C25H21ClN2O5S. The number of aryl methyl sites for hydroxylation is 2. The molecule has 7 nitrogen and oxygen atoms in total. The molecule has 0 atom stereocenters. The molecule has 5 rings (SSSR count). The number of thiophene rings is 1. The number of carbonyl (C=O) groups excluding carboxylic acids is 2. The van der Waals surface area contributed by atoms with Crippen LogP contribution in [0.15, 0.2) is 50.2 Å². The van der Waals surface area contributed by atoms with Crippen molar-refractivity contribution in [1.82, 2.24) is 5.32 Å². The standard InChI is InChI=1S/C25H21ClN2O5S/c1-13-9-19-16(10-17(13)26)18(29)11-20(33-19)23(30)28-25-22(15-6-2-3-7-21(15)34-25)24(31)27-12-14-5-4-8-32-14/h4-5,8-11H,2-3,6-7,12H2,1H3,(H,27,31)(H,28,30). The summed E-state index contributed by atoms with van der Waals surface area (Å²) in [6, 6.07) is 7.85. The lowest BCUT2D eigenvalue weighted by atomic mass is 9.95. The van der Waals surface area contributed by atoms with Crippen molar-refractivity contribution >= 4 is 50.7 Å². The summed E-state index contributed by atoms with van der Waals surface area (Å²) in [4.78, 5) is 39.9. The summed E-state index contributed by atoms with van der Waals surface area (Å²) < 4.78 is 11.0. The number of rotatable bonds is 5. The van der Waals surface area contributed by atoms with Crippen LogP contribution in [0.2, 0.25) is 5.02 Å². The molecule has 1 aromatic carbocycles. The first-order chi connectivity index (χ1) is 16.4. The summed E-state index contributed by atoms with van der Waals surface area (Å²) >= 11 is 7.52. The maximum Gasteiger partial charge on any atom is 0.292 e. The third-order valence-corrected chi connectivity index (χ3v) is 7.48. The molecule has 0 aliphatic heterocycles. The van der Waals surface area contributed by atoms with Crippen molar-refractivity contribution in [2.75, 3.05) is 5.32 Å². The summed E-state index contributed by atoms with van der Waals surface area (Å²) in [6.45, 7) is 2.03. The smallest absolute Gasteiger partial charge is 0.292 e. The lowest BCUT2D eigenvalue weighted by Gasteiger charge is -2.13. The molecule has 3 heterocycles. The van der Waals surface area contributed by atoms with Gasteiger partial charge in [-0.2, -0.15) is 0 Å². The number of fused-ring (bicyclic) bond motifs is 2. The van der Waals surface area contributed by atoms with Gasteiger partial charge in [0.1, 0.15) is 16.3 Å². The van der Waals surface area contributed by atoms with E-state index < -0.39 is 5.91 Å². The Bertz CT molecular complexity index is 1470. The average Bonchev–Trinajstić information content (AvgIpc) is 3.46. The fourth-order valence-corrected chi connectivity index (χ4v) is 5.56.